The molecule has 0 bridgehead atoms. The predicted octanol–water partition coefficient (Wildman–Crippen LogP) is 9.65. The minimum Gasteiger partial charge on any atom is -0.497 e. The van der Waals surface area contributed by atoms with Gasteiger partial charge in [0.05, 0.1) is 19.2 Å². The van der Waals surface area contributed by atoms with Gasteiger partial charge in [-0.3, -0.25) is 0 Å². The van der Waals surface area contributed by atoms with Crippen molar-refractivity contribution in [3.63, 3.8) is 0 Å². The van der Waals surface area contributed by atoms with Gasteiger partial charge in [0.2, 0.25) is 0 Å². The molecule has 0 saturated carbocycles. The highest BCUT2D eigenvalue weighted by molar-refractivity contribution is 5.86. The first kappa shape index (κ1) is 29.4. The third-order valence-corrected chi connectivity index (χ3v) is 9.31. The average molecular weight is 586 g/mol. The quantitative estimate of drug-likeness (QED) is 0.167. The van der Waals surface area contributed by atoms with E-state index in [0.717, 1.165) is 16.9 Å². The molecule has 2 aliphatic heterocycles. The Morgan fingerprint density at radius 3 is 1.82 bits per heavy atom. The fraction of sp³-hybridized carbons (Fsp3) is 0.289. The number of nitrogens with one attached hydrogen (secondary N) is 4. The first-order valence-electron chi connectivity index (χ1n) is 15.6. The zero-order valence-corrected chi connectivity index (χ0v) is 26.7. The standard InChI is InChI=1S/C19H20N2O.C17H17N3.C2H6/c1-19(2)15-6-4-5-7-17(15)21-18(19)14-11-20-16-9-8-12(22-3)10-13(14)16;1-17(2)13-7-3-4-8-14(13)20-15(17)12-10-19-16-11(12)6-5-9-18-16;1-2/h4-11,18,20-21H,1-3H3;3-10,15,20H,1-2H3,(H,18,19);1-2H3. The van der Waals surface area contributed by atoms with Crippen LogP contribution in [0.1, 0.15) is 75.9 Å². The summed E-state index contributed by atoms with van der Waals surface area (Å²) in [6, 6.07) is 28.0. The van der Waals surface area contributed by atoms with Crippen molar-refractivity contribution in [3.05, 3.63) is 120 Å². The number of fused-ring (bicyclic) bond motifs is 4. The van der Waals surface area contributed by atoms with E-state index in [-0.39, 0.29) is 22.9 Å². The van der Waals surface area contributed by atoms with Gasteiger partial charge in [-0.25, -0.2) is 4.98 Å². The van der Waals surface area contributed by atoms with Crippen LogP contribution in [0.3, 0.4) is 0 Å². The molecule has 6 heteroatoms. The lowest BCUT2D eigenvalue weighted by molar-refractivity contribution is 0.415. The summed E-state index contributed by atoms with van der Waals surface area (Å²) in [5.74, 6) is 0.890. The molecular weight excluding hydrogens is 542 g/mol. The van der Waals surface area contributed by atoms with Crippen molar-refractivity contribution < 1.29 is 4.74 Å². The predicted molar refractivity (Wildman–Crippen MR) is 184 cm³/mol. The van der Waals surface area contributed by atoms with Crippen LogP contribution in [0.4, 0.5) is 11.4 Å². The van der Waals surface area contributed by atoms with Gasteiger partial charge in [0.15, 0.2) is 0 Å². The lowest BCUT2D eigenvalue weighted by Crippen LogP contribution is -2.25. The van der Waals surface area contributed by atoms with Gasteiger partial charge in [0.25, 0.3) is 0 Å². The van der Waals surface area contributed by atoms with Gasteiger partial charge < -0.3 is 25.3 Å². The van der Waals surface area contributed by atoms with E-state index in [1.807, 2.05) is 32.2 Å². The molecule has 44 heavy (non-hydrogen) atoms. The molecule has 226 valence electrons. The molecule has 8 rings (SSSR count). The van der Waals surface area contributed by atoms with Crippen molar-refractivity contribution in [3.8, 4) is 5.75 Å². The zero-order chi connectivity index (χ0) is 31.1. The Kier molecular flexibility index (Phi) is 7.62. The number of ether oxygens (including phenoxy) is 1. The third-order valence-electron chi connectivity index (χ3n) is 9.31. The Balaban J connectivity index is 0.000000148. The van der Waals surface area contributed by atoms with Gasteiger partial charge in [-0.2, -0.15) is 0 Å². The maximum absolute atomic E-state index is 5.39. The molecule has 5 heterocycles. The maximum Gasteiger partial charge on any atom is 0.137 e. The minimum absolute atomic E-state index is 0.0365. The second-order valence-corrected chi connectivity index (χ2v) is 12.5. The second-order valence-electron chi connectivity index (χ2n) is 12.5. The summed E-state index contributed by atoms with van der Waals surface area (Å²) in [6.07, 6.45) is 6.03. The van der Waals surface area contributed by atoms with Crippen LogP contribution >= 0.6 is 0 Å². The zero-order valence-electron chi connectivity index (χ0n) is 26.7. The number of anilines is 2. The maximum atomic E-state index is 5.39. The van der Waals surface area contributed by atoms with Gasteiger partial charge >= 0.3 is 0 Å². The SMILES string of the molecule is CC.CC1(C)c2ccccc2NC1c1c[nH]c2ncccc12.COc1ccc2[nH]cc(C3Nc4ccccc4C3(C)C)c2c1. The number of para-hydroxylation sites is 2. The Morgan fingerprint density at radius 1 is 0.659 bits per heavy atom. The molecule has 0 aliphatic carbocycles. The molecule has 3 aromatic heterocycles. The summed E-state index contributed by atoms with van der Waals surface area (Å²) in [4.78, 5) is 11.1. The van der Waals surface area contributed by atoms with Gasteiger partial charge in [-0.05, 0) is 53.6 Å². The smallest absolute Gasteiger partial charge is 0.137 e. The highest BCUT2D eigenvalue weighted by Crippen LogP contribution is 2.50. The van der Waals surface area contributed by atoms with Crippen LogP contribution in [-0.4, -0.2) is 22.1 Å². The molecule has 2 aliphatic rings. The lowest BCUT2D eigenvalue weighted by atomic mass is 9.78. The molecule has 6 nitrogen and oxygen atoms in total. The molecule has 0 spiro atoms. The summed E-state index contributed by atoms with van der Waals surface area (Å²) in [5, 5.41) is 9.79. The number of methoxy groups -OCH3 is 1. The summed E-state index contributed by atoms with van der Waals surface area (Å²) in [6.45, 7) is 13.2. The highest BCUT2D eigenvalue weighted by atomic mass is 16.5. The number of pyridine rings is 1. The van der Waals surface area contributed by atoms with E-state index in [2.05, 4.69) is 132 Å². The van der Waals surface area contributed by atoms with Crippen molar-refractivity contribution in [2.24, 2.45) is 0 Å². The Labute approximate surface area is 260 Å². The minimum atomic E-state index is 0.0365. The van der Waals surface area contributed by atoms with Crippen LogP contribution in [0, 0.1) is 0 Å². The molecule has 0 saturated heterocycles. The fourth-order valence-corrected chi connectivity index (χ4v) is 6.96. The summed E-state index contributed by atoms with van der Waals surface area (Å²) in [7, 11) is 1.71. The van der Waals surface area contributed by atoms with Crippen LogP contribution in [0.15, 0.2) is 97.5 Å². The van der Waals surface area contributed by atoms with Crippen molar-refractivity contribution in [2.45, 2.75) is 64.5 Å². The van der Waals surface area contributed by atoms with E-state index in [0.29, 0.717) is 0 Å². The topological polar surface area (TPSA) is 77.8 Å². The Morgan fingerprint density at radius 2 is 1.23 bits per heavy atom. The van der Waals surface area contributed by atoms with Gasteiger partial charge in [-0.1, -0.05) is 77.9 Å². The number of rotatable bonds is 3. The number of nitrogens with zero attached hydrogens (tertiary/aromatic N) is 1. The lowest BCUT2D eigenvalue weighted by Gasteiger charge is -2.27. The number of aromatic amines is 2. The van der Waals surface area contributed by atoms with Gasteiger partial charge in [-0.15, -0.1) is 0 Å². The normalized spacial score (nSPS) is 18.6. The number of H-pyrrole nitrogens is 2. The number of aromatic nitrogens is 3. The van der Waals surface area contributed by atoms with E-state index >= 15 is 0 Å². The molecular formula is C38H43N5O. The average Bonchev–Trinajstić information content (AvgIpc) is 3.79. The third kappa shape index (κ3) is 4.79. The van der Waals surface area contributed by atoms with Crippen molar-refractivity contribution in [2.75, 3.05) is 17.7 Å². The van der Waals surface area contributed by atoms with Gasteiger partial charge in [0, 0.05) is 68.2 Å². The molecule has 0 amide bonds. The summed E-state index contributed by atoms with van der Waals surface area (Å²) >= 11 is 0. The Bertz CT molecular complexity index is 1910. The molecule has 0 radical (unpaired) electrons. The number of hydrogen-bond donors (Lipinski definition) is 4. The molecule has 2 atom stereocenters. The van der Waals surface area contributed by atoms with Crippen molar-refractivity contribution >= 4 is 33.3 Å². The summed E-state index contributed by atoms with van der Waals surface area (Å²) in [5.41, 5.74) is 9.98. The van der Waals surface area contributed by atoms with Crippen LogP contribution < -0.4 is 15.4 Å². The molecule has 6 aromatic rings. The van der Waals surface area contributed by atoms with E-state index in [4.69, 9.17) is 4.74 Å². The van der Waals surface area contributed by atoms with E-state index in [1.54, 1.807) is 7.11 Å². The van der Waals surface area contributed by atoms with Crippen molar-refractivity contribution in [1.29, 1.82) is 0 Å². The molecule has 2 unspecified atom stereocenters. The largest absolute Gasteiger partial charge is 0.497 e. The molecule has 4 N–H and O–H groups in total. The van der Waals surface area contributed by atoms with Crippen LogP contribution in [0.2, 0.25) is 0 Å². The Hall–Kier alpha value is -4.71. The number of hydrogen-bond acceptors (Lipinski definition) is 4. The second kappa shape index (κ2) is 11.4. The van der Waals surface area contributed by atoms with E-state index < -0.39 is 0 Å². The van der Waals surface area contributed by atoms with E-state index in [1.165, 1.54) is 44.4 Å². The first-order valence-corrected chi connectivity index (χ1v) is 15.6. The van der Waals surface area contributed by atoms with Crippen LogP contribution in [0.5, 0.6) is 5.75 Å². The highest BCUT2D eigenvalue weighted by Gasteiger charge is 2.42. The van der Waals surface area contributed by atoms with Gasteiger partial charge in [0.1, 0.15) is 11.4 Å². The van der Waals surface area contributed by atoms with E-state index in [9.17, 15) is 0 Å². The van der Waals surface area contributed by atoms with Crippen molar-refractivity contribution in [1.82, 2.24) is 15.0 Å². The molecule has 0 fully saturated rings. The fourth-order valence-electron chi connectivity index (χ4n) is 6.96. The summed E-state index contributed by atoms with van der Waals surface area (Å²) < 4.78 is 5.39. The molecule has 3 aromatic carbocycles. The monoisotopic (exact) mass is 585 g/mol. The first-order chi connectivity index (χ1) is 21.3. The van der Waals surface area contributed by atoms with Crippen LogP contribution in [-0.2, 0) is 10.8 Å². The number of benzene rings is 3. The van der Waals surface area contributed by atoms with Crippen LogP contribution in [0.25, 0.3) is 21.9 Å².